The number of ether oxygens (including phenoxy) is 1. The summed E-state index contributed by atoms with van der Waals surface area (Å²) in [6.07, 6.45) is 13.3. The summed E-state index contributed by atoms with van der Waals surface area (Å²) in [5.74, 6) is 2.16. The smallest absolute Gasteiger partial charge is 0.317 e. The first-order chi connectivity index (χ1) is 14.5. The maximum atomic E-state index is 13.2. The van der Waals surface area contributed by atoms with Gasteiger partial charge in [0.2, 0.25) is 0 Å². The molecule has 4 aliphatic carbocycles. The molecule has 0 unspecified atom stereocenters. The molecular weight excluding hydrogens is 376 g/mol. The molecule has 0 N–H and O–H groups in total. The van der Waals surface area contributed by atoms with Gasteiger partial charge in [-0.05, 0) is 80.9 Å². The van der Waals surface area contributed by atoms with E-state index in [9.17, 15) is 14.4 Å². The molecule has 0 radical (unpaired) electrons. The van der Waals surface area contributed by atoms with Crippen LogP contribution in [0.3, 0.4) is 0 Å². The van der Waals surface area contributed by atoms with Crippen LogP contribution in [0, 0.1) is 23.2 Å². The van der Waals surface area contributed by atoms with Crippen molar-refractivity contribution in [1.82, 2.24) is 0 Å². The van der Waals surface area contributed by atoms with Gasteiger partial charge in [-0.1, -0.05) is 32.6 Å². The Hall–Kier alpha value is -1.97. The summed E-state index contributed by atoms with van der Waals surface area (Å²) in [7, 11) is 0. The lowest BCUT2D eigenvalue weighted by Gasteiger charge is -2.55. The molecule has 0 aromatic heterocycles. The maximum Gasteiger partial charge on any atom is 0.317 e. The molecule has 4 bridgehead atoms. The minimum absolute atomic E-state index is 0.0496. The van der Waals surface area contributed by atoms with Crippen molar-refractivity contribution in [2.75, 3.05) is 0 Å². The zero-order valence-electron chi connectivity index (χ0n) is 18.2. The standard InChI is InChI=1S/C26H34O4/c1-2-3-4-5-6-7-23(28)21-8-9-24(22(13-21)17-27)30-25(29)26-14-18-10-19(15-26)12-20(11-18)16-26/h8-9,13,17-20H,2-7,10-12,14-16H2,1H3. The summed E-state index contributed by atoms with van der Waals surface area (Å²) < 4.78 is 5.80. The number of hydrogen-bond donors (Lipinski definition) is 0. The fraction of sp³-hybridized carbons (Fsp3) is 0.654. The largest absolute Gasteiger partial charge is 0.425 e. The van der Waals surface area contributed by atoms with E-state index in [1.54, 1.807) is 18.2 Å². The van der Waals surface area contributed by atoms with Gasteiger partial charge < -0.3 is 4.74 Å². The van der Waals surface area contributed by atoms with Gasteiger partial charge in [-0.2, -0.15) is 0 Å². The highest BCUT2D eigenvalue weighted by atomic mass is 16.5. The molecular formula is C26H34O4. The first kappa shape index (κ1) is 21.3. The van der Waals surface area contributed by atoms with Crippen LogP contribution in [0.15, 0.2) is 18.2 Å². The summed E-state index contributed by atoms with van der Waals surface area (Å²) in [5.41, 5.74) is 0.467. The predicted octanol–water partition coefficient (Wildman–Crippen LogP) is 6.16. The van der Waals surface area contributed by atoms with Crippen molar-refractivity contribution < 1.29 is 19.1 Å². The summed E-state index contributed by atoms with van der Waals surface area (Å²) in [6.45, 7) is 2.17. The number of Topliss-reactive ketones (excluding diaryl/α,β-unsaturated/α-hetero) is 1. The Kier molecular flexibility index (Phi) is 6.40. The first-order valence-electron chi connectivity index (χ1n) is 11.9. The van der Waals surface area contributed by atoms with Crippen LogP contribution >= 0.6 is 0 Å². The van der Waals surface area contributed by atoms with Gasteiger partial charge in [-0.3, -0.25) is 14.4 Å². The third-order valence-electron chi connectivity index (χ3n) is 7.64. The number of carbonyl (C=O) groups is 3. The summed E-state index contributed by atoms with van der Waals surface area (Å²) >= 11 is 0. The second kappa shape index (κ2) is 9.03. The number of aldehydes is 1. The Bertz CT molecular complexity index is 774. The SMILES string of the molecule is CCCCCCCC(=O)c1ccc(OC(=O)C23CC4CC(CC(C4)C2)C3)c(C=O)c1. The van der Waals surface area contributed by atoms with Gasteiger partial charge in [0, 0.05) is 12.0 Å². The van der Waals surface area contributed by atoms with Crippen LogP contribution in [0.4, 0.5) is 0 Å². The number of benzene rings is 1. The van der Waals surface area contributed by atoms with Crippen molar-refractivity contribution in [2.24, 2.45) is 23.2 Å². The molecule has 4 fully saturated rings. The Morgan fingerprint density at radius 3 is 2.23 bits per heavy atom. The van der Waals surface area contributed by atoms with Crippen molar-refractivity contribution >= 4 is 18.0 Å². The second-order valence-electron chi connectivity index (χ2n) is 10.0. The number of ketones is 1. The lowest BCUT2D eigenvalue weighted by molar-refractivity contribution is -0.161. The molecule has 1 aromatic carbocycles. The lowest BCUT2D eigenvalue weighted by Crippen LogP contribution is -2.51. The molecule has 30 heavy (non-hydrogen) atoms. The van der Waals surface area contributed by atoms with E-state index in [0.717, 1.165) is 38.5 Å². The van der Waals surface area contributed by atoms with Gasteiger partial charge in [0.15, 0.2) is 12.1 Å². The van der Waals surface area contributed by atoms with Crippen molar-refractivity contribution in [1.29, 1.82) is 0 Å². The molecule has 4 heteroatoms. The molecule has 0 atom stereocenters. The van der Waals surface area contributed by atoms with Crippen LogP contribution in [0.25, 0.3) is 0 Å². The molecule has 0 saturated heterocycles. The third kappa shape index (κ3) is 4.38. The van der Waals surface area contributed by atoms with Crippen LogP contribution in [0.5, 0.6) is 5.75 Å². The van der Waals surface area contributed by atoms with E-state index in [-0.39, 0.29) is 17.2 Å². The van der Waals surface area contributed by atoms with Crippen molar-refractivity contribution in [2.45, 2.75) is 84.0 Å². The molecule has 0 amide bonds. The fourth-order valence-corrected chi connectivity index (χ4v) is 6.51. The van der Waals surface area contributed by atoms with E-state index in [4.69, 9.17) is 4.74 Å². The highest BCUT2D eigenvalue weighted by molar-refractivity contribution is 5.98. The first-order valence-corrected chi connectivity index (χ1v) is 11.9. The van der Waals surface area contributed by atoms with Crippen molar-refractivity contribution in [3.63, 3.8) is 0 Å². The van der Waals surface area contributed by atoms with Crippen LogP contribution in [-0.4, -0.2) is 18.0 Å². The molecule has 0 aliphatic heterocycles. The van der Waals surface area contributed by atoms with E-state index in [1.165, 1.54) is 32.1 Å². The van der Waals surface area contributed by atoms with Gasteiger partial charge in [0.1, 0.15) is 5.75 Å². The number of rotatable bonds is 10. The van der Waals surface area contributed by atoms with E-state index in [2.05, 4.69) is 6.92 Å². The highest BCUT2D eigenvalue weighted by Crippen LogP contribution is 2.60. The second-order valence-corrected chi connectivity index (χ2v) is 10.0. The van der Waals surface area contributed by atoms with Crippen LogP contribution in [0.1, 0.15) is 105 Å². The Morgan fingerprint density at radius 2 is 1.63 bits per heavy atom. The zero-order valence-corrected chi connectivity index (χ0v) is 18.2. The molecule has 0 spiro atoms. The Morgan fingerprint density at radius 1 is 1.00 bits per heavy atom. The van der Waals surface area contributed by atoms with E-state index >= 15 is 0 Å². The van der Waals surface area contributed by atoms with Crippen LogP contribution in [-0.2, 0) is 4.79 Å². The Labute approximate surface area is 179 Å². The van der Waals surface area contributed by atoms with Gasteiger partial charge >= 0.3 is 5.97 Å². The average molecular weight is 411 g/mol. The molecule has 5 rings (SSSR count). The normalized spacial score (nSPS) is 29.0. The predicted molar refractivity (Wildman–Crippen MR) is 116 cm³/mol. The van der Waals surface area contributed by atoms with Crippen LogP contribution in [0.2, 0.25) is 0 Å². The van der Waals surface area contributed by atoms with E-state index in [0.29, 0.717) is 47.3 Å². The van der Waals surface area contributed by atoms with Gasteiger partial charge in [0.25, 0.3) is 0 Å². The van der Waals surface area contributed by atoms with E-state index < -0.39 is 0 Å². The van der Waals surface area contributed by atoms with Crippen LogP contribution < -0.4 is 4.74 Å². The van der Waals surface area contributed by atoms with Crippen molar-refractivity contribution in [3.8, 4) is 5.75 Å². The fourth-order valence-electron chi connectivity index (χ4n) is 6.51. The number of hydrogen-bond acceptors (Lipinski definition) is 4. The Balaban J connectivity index is 1.40. The molecule has 0 heterocycles. The minimum atomic E-state index is -0.359. The molecule has 162 valence electrons. The lowest BCUT2D eigenvalue weighted by atomic mass is 9.49. The topological polar surface area (TPSA) is 60.4 Å². The number of carbonyl (C=O) groups excluding carboxylic acids is 3. The molecule has 4 saturated carbocycles. The van der Waals surface area contributed by atoms with Gasteiger partial charge in [-0.15, -0.1) is 0 Å². The molecule has 1 aromatic rings. The third-order valence-corrected chi connectivity index (χ3v) is 7.64. The maximum absolute atomic E-state index is 13.2. The minimum Gasteiger partial charge on any atom is -0.425 e. The van der Waals surface area contributed by atoms with Crippen molar-refractivity contribution in [3.05, 3.63) is 29.3 Å². The highest BCUT2D eigenvalue weighted by Gasteiger charge is 2.55. The summed E-state index contributed by atoms with van der Waals surface area (Å²) in [6, 6.07) is 4.92. The van der Waals surface area contributed by atoms with E-state index in [1.807, 2.05) is 0 Å². The number of unbranched alkanes of at least 4 members (excludes halogenated alkanes) is 4. The average Bonchev–Trinajstić information content (AvgIpc) is 2.72. The molecule has 4 nitrogen and oxygen atoms in total. The monoisotopic (exact) mass is 410 g/mol. The quantitative estimate of drug-likeness (QED) is 0.152. The summed E-state index contributed by atoms with van der Waals surface area (Å²) in [5, 5.41) is 0. The number of esters is 1. The zero-order chi connectivity index (χ0) is 21.1. The van der Waals surface area contributed by atoms with Gasteiger partial charge in [0.05, 0.1) is 11.0 Å². The summed E-state index contributed by atoms with van der Waals surface area (Å²) in [4.78, 5) is 37.3. The molecule has 4 aliphatic rings. The van der Waals surface area contributed by atoms with Gasteiger partial charge in [-0.25, -0.2) is 0 Å².